The van der Waals surface area contributed by atoms with Crippen LogP contribution in [0, 0.1) is 0 Å². The van der Waals surface area contributed by atoms with E-state index in [1.807, 2.05) is 36.5 Å². The Balaban J connectivity index is 1.45. The van der Waals surface area contributed by atoms with E-state index in [0.29, 0.717) is 6.54 Å². The summed E-state index contributed by atoms with van der Waals surface area (Å²) in [5.74, 6) is 1.76. The number of hydrogen-bond donors (Lipinski definition) is 2. The summed E-state index contributed by atoms with van der Waals surface area (Å²) in [6, 6.07) is 14.1. The molecule has 2 aromatic heterocycles. The fourth-order valence-electron chi connectivity index (χ4n) is 3.36. The molecular weight excluding hydrogens is 338 g/mol. The second kappa shape index (κ2) is 7.90. The molecule has 1 fully saturated rings. The van der Waals surface area contributed by atoms with Gasteiger partial charge in [0.15, 0.2) is 0 Å². The summed E-state index contributed by atoms with van der Waals surface area (Å²) >= 11 is 0. The third-order valence-electron chi connectivity index (χ3n) is 5.07. The van der Waals surface area contributed by atoms with Crippen LogP contribution < -0.4 is 10.2 Å². The molecule has 140 valence electrons. The van der Waals surface area contributed by atoms with Gasteiger partial charge in [0, 0.05) is 49.9 Å². The number of nitrogens with zero attached hydrogens (tertiary/aromatic N) is 4. The van der Waals surface area contributed by atoms with Gasteiger partial charge in [-0.2, -0.15) is 0 Å². The molecule has 0 unspecified atom stereocenters. The minimum absolute atomic E-state index is 0.0409. The SMILES string of the molecule is CN1CCN(c2ccc(CNc3nc4ccccc4cc3CO)cn2)CC1. The Morgan fingerprint density at radius 1 is 1.07 bits per heavy atom. The van der Waals surface area contributed by atoms with Crippen molar-refractivity contribution in [2.75, 3.05) is 43.4 Å². The quantitative estimate of drug-likeness (QED) is 0.726. The Bertz CT molecular complexity index is 904. The molecule has 1 saturated heterocycles. The smallest absolute Gasteiger partial charge is 0.132 e. The highest BCUT2D eigenvalue weighted by molar-refractivity contribution is 5.81. The van der Waals surface area contributed by atoms with Gasteiger partial charge >= 0.3 is 0 Å². The highest BCUT2D eigenvalue weighted by atomic mass is 16.3. The minimum Gasteiger partial charge on any atom is -0.392 e. The van der Waals surface area contributed by atoms with Crippen molar-refractivity contribution >= 4 is 22.5 Å². The predicted molar refractivity (Wildman–Crippen MR) is 109 cm³/mol. The fourth-order valence-corrected chi connectivity index (χ4v) is 3.36. The van der Waals surface area contributed by atoms with Crippen molar-refractivity contribution in [1.82, 2.24) is 14.9 Å². The first kappa shape index (κ1) is 17.7. The summed E-state index contributed by atoms with van der Waals surface area (Å²) in [5, 5.41) is 14.1. The van der Waals surface area contributed by atoms with Crippen LogP contribution in [-0.2, 0) is 13.2 Å². The van der Waals surface area contributed by atoms with E-state index < -0.39 is 0 Å². The zero-order chi connectivity index (χ0) is 18.6. The Hall–Kier alpha value is -2.70. The first-order chi connectivity index (χ1) is 13.2. The number of rotatable bonds is 5. The lowest BCUT2D eigenvalue weighted by molar-refractivity contribution is 0.282. The normalized spacial score (nSPS) is 15.3. The largest absolute Gasteiger partial charge is 0.392 e. The van der Waals surface area contributed by atoms with Crippen LogP contribution in [0.15, 0.2) is 48.7 Å². The molecule has 6 heteroatoms. The zero-order valence-corrected chi connectivity index (χ0v) is 15.6. The van der Waals surface area contributed by atoms with E-state index in [-0.39, 0.29) is 6.61 Å². The van der Waals surface area contributed by atoms with E-state index in [9.17, 15) is 5.11 Å². The molecule has 0 atom stereocenters. The van der Waals surface area contributed by atoms with Gasteiger partial charge in [-0.15, -0.1) is 0 Å². The molecule has 2 N–H and O–H groups in total. The Kier molecular flexibility index (Phi) is 5.18. The maximum absolute atomic E-state index is 9.67. The molecule has 0 spiro atoms. The van der Waals surface area contributed by atoms with Crippen molar-refractivity contribution in [2.24, 2.45) is 0 Å². The molecule has 0 bridgehead atoms. The molecule has 3 heterocycles. The van der Waals surface area contributed by atoms with Gasteiger partial charge in [-0.3, -0.25) is 0 Å². The second-order valence-electron chi connectivity index (χ2n) is 7.02. The van der Waals surface area contributed by atoms with Crippen LogP contribution in [0.4, 0.5) is 11.6 Å². The fraction of sp³-hybridized carbons (Fsp3) is 0.333. The summed E-state index contributed by atoms with van der Waals surface area (Å²) in [6.07, 6.45) is 1.92. The number of aromatic nitrogens is 2. The molecule has 27 heavy (non-hydrogen) atoms. The van der Waals surface area contributed by atoms with Gasteiger partial charge in [0.2, 0.25) is 0 Å². The predicted octanol–water partition coefficient (Wildman–Crippen LogP) is 2.49. The van der Waals surface area contributed by atoms with Crippen molar-refractivity contribution in [2.45, 2.75) is 13.2 Å². The van der Waals surface area contributed by atoms with Crippen LogP contribution >= 0.6 is 0 Å². The van der Waals surface area contributed by atoms with Gasteiger partial charge in [-0.25, -0.2) is 9.97 Å². The summed E-state index contributed by atoms with van der Waals surface area (Å²) in [4.78, 5) is 13.9. The third-order valence-corrected chi connectivity index (χ3v) is 5.07. The van der Waals surface area contributed by atoms with Gasteiger partial charge in [-0.1, -0.05) is 24.3 Å². The van der Waals surface area contributed by atoms with Gasteiger partial charge in [0.25, 0.3) is 0 Å². The minimum atomic E-state index is -0.0409. The number of aliphatic hydroxyl groups excluding tert-OH is 1. The highest BCUT2D eigenvalue weighted by Gasteiger charge is 2.15. The Labute approximate surface area is 159 Å². The van der Waals surface area contributed by atoms with Crippen LogP contribution in [0.2, 0.25) is 0 Å². The number of likely N-dealkylation sites (N-methyl/N-ethyl adjacent to an activating group) is 1. The van der Waals surface area contributed by atoms with Crippen molar-refractivity contribution in [3.05, 3.63) is 59.8 Å². The zero-order valence-electron chi connectivity index (χ0n) is 15.6. The number of aliphatic hydroxyl groups is 1. The van der Waals surface area contributed by atoms with Crippen LogP contribution in [-0.4, -0.2) is 53.2 Å². The standard InChI is InChI=1S/C21H25N5O/c1-25-8-10-26(11-9-25)20-7-6-16(13-22-20)14-23-21-18(15-27)12-17-4-2-3-5-19(17)24-21/h2-7,12-13,27H,8-11,14-15H2,1H3,(H,23,24). The molecule has 3 aromatic rings. The average Bonchev–Trinajstić information content (AvgIpc) is 2.72. The molecule has 4 rings (SSSR count). The van der Waals surface area contributed by atoms with Crippen molar-refractivity contribution in [1.29, 1.82) is 0 Å². The van der Waals surface area contributed by atoms with Gasteiger partial charge in [0.1, 0.15) is 11.6 Å². The first-order valence-corrected chi connectivity index (χ1v) is 9.35. The van der Waals surface area contributed by atoms with E-state index in [1.54, 1.807) is 0 Å². The molecule has 6 nitrogen and oxygen atoms in total. The lowest BCUT2D eigenvalue weighted by Crippen LogP contribution is -2.44. The number of piperazine rings is 1. The number of nitrogens with one attached hydrogen (secondary N) is 1. The topological polar surface area (TPSA) is 64.5 Å². The molecule has 1 aliphatic heterocycles. The summed E-state index contributed by atoms with van der Waals surface area (Å²) in [5.41, 5.74) is 2.81. The maximum atomic E-state index is 9.67. The van der Waals surface area contributed by atoms with E-state index >= 15 is 0 Å². The summed E-state index contributed by atoms with van der Waals surface area (Å²) in [6.45, 7) is 4.75. The first-order valence-electron chi connectivity index (χ1n) is 9.35. The number of anilines is 2. The molecule has 0 saturated carbocycles. The lowest BCUT2D eigenvalue weighted by atomic mass is 10.1. The molecule has 0 radical (unpaired) electrons. The average molecular weight is 363 g/mol. The summed E-state index contributed by atoms with van der Waals surface area (Å²) in [7, 11) is 2.15. The number of hydrogen-bond acceptors (Lipinski definition) is 6. The molecule has 0 amide bonds. The van der Waals surface area contributed by atoms with E-state index in [0.717, 1.165) is 59.8 Å². The van der Waals surface area contributed by atoms with E-state index in [1.165, 1.54) is 0 Å². The molecule has 1 aliphatic rings. The molecule has 0 aliphatic carbocycles. The van der Waals surface area contributed by atoms with Gasteiger partial charge in [0.05, 0.1) is 12.1 Å². The maximum Gasteiger partial charge on any atom is 0.132 e. The van der Waals surface area contributed by atoms with Crippen LogP contribution in [0.5, 0.6) is 0 Å². The monoisotopic (exact) mass is 363 g/mol. The Morgan fingerprint density at radius 2 is 1.89 bits per heavy atom. The number of para-hydroxylation sites is 1. The third kappa shape index (κ3) is 4.02. The second-order valence-corrected chi connectivity index (χ2v) is 7.02. The van der Waals surface area contributed by atoms with Crippen LogP contribution in [0.25, 0.3) is 10.9 Å². The summed E-state index contributed by atoms with van der Waals surface area (Å²) < 4.78 is 0. The highest BCUT2D eigenvalue weighted by Crippen LogP contribution is 2.21. The van der Waals surface area contributed by atoms with Crippen molar-refractivity contribution in [3.63, 3.8) is 0 Å². The van der Waals surface area contributed by atoms with Gasteiger partial charge < -0.3 is 20.2 Å². The van der Waals surface area contributed by atoms with Gasteiger partial charge in [-0.05, 0) is 30.8 Å². The van der Waals surface area contributed by atoms with E-state index in [4.69, 9.17) is 0 Å². The van der Waals surface area contributed by atoms with E-state index in [2.05, 4.69) is 44.3 Å². The molecular formula is C21H25N5O. The number of fused-ring (bicyclic) bond motifs is 1. The Morgan fingerprint density at radius 3 is 2.63 bits per heavy atom. The molecule has 1 aromatic carbocycles. The van der Waals surface area contributed by atoms with Crippen LogP contribution in [0.3, 0.4) is 0 Å². The lowest BCUT2D eigenvalue weighted by Gasteiger charge is -2.33. The van der Waals surface area contributed by atoms with Crippen molar-refractivity contribution < 1.29 is 5.11 Å². The van der Waals surface area contributed by atoms with Crippen LogP contribution in [0.1, 0.15) is 11.1 Å². The van der Waals surface area contributed by atoms with Crippen molar-refractivity contribution in [3.8, 4) is 0 Å². The number of benzene rings is 1. The number of pyridine rings is 2.